The first-order valence-electron chi connectivity index (χ1n) is 21.3. The molecule has 0 atom stereocenters. The van der Waals surface area contributed by atoms with Crippen molar-refractivity contribution in [2.24, 2.45) is 0 Å². The van der Waals surface area contributed by atoms with Crippen LogP contribution in [-0.2, 0) is 6.42 Å². The summed E-state index contributed by atoms with van der Waals surface area (Å²) < 4.78 is 4.71. The van der Waals surface area contributed by atoms with Gasteiger partial charge in [0.15, 0.2) is 0 Å². The molecule has 4 nitrogen and oxygen atoms in total. The predicted octanol–water partition coefficient (Wildman–Crippen LogP) is 14.8. The van der Waals surface area contributed by atoms with Crippen LogP contribution in [0.25, 0.3) is 56.7 Å². The van der Waals surface area contributed by atoms with Crippen LogP contribution in [0, 0.1) is 0 Å². The molecule has 6 aromatic carbocycles. The maximum atomic E-state index is 5.19. The van der Waals surface area contributed by atoms with E-state index < -0.39 is 0 Å². The average molecular weight is 773 g/mol. The number of benzene rings is 6. The molecule has 2 aromatic heterocycles. The van der Waals surface area contributed by atoms with Gasteiger partial charge in [-0.2, -0.15) is 0 Å². The van der Waals surface area contributed by atoms with Gasteiger partial charge in [0.1, 0.15) is 11.6 Å². The number of hydrogen-bond acceptors (Lipinski definition) is 2. The van der Waals surface area contributed by atoms with Crippen molar-refractivity contribution in [3.63, 3.8) is 0 Å². The van der Waals surface area contributed by atoms with Crippen molar-refractivity contribution in [2.45, 2.75) is 85.5 Å². The average Bonchev–Trinajstić information content (AvgIpc) is 3.90. The Morgan fingerprint density at radius 1 is 0.390 bits per heavy atom. The Balaban J connectivity index is 1.20. The normalized spacial score (nSPS) is 11.7. The van der Waals surface area contributed by atoms with Gasteiger partial charge in [-0.15, -0.1) is 0 Å². The Hall–Kier alpha value is -6.26. The Morgan fingerprint density at radius 2 is 0.729 bits per heavy atom. The van der Waals surface area contributed by atoms with Gasteiger partial charge < -0.3 is 0 Å². The molecular weight excluding hydrogens is 717 g/mol. The molecule has 4 heteroatoms. The van der Waals surface area contributed by atoms with E-state index in [9.17, 15) is 0 Å². The van der Waals surface area contributed by atoms with Gasteiger partial charge in [0.2, 0.25) is 0 Å². The number of nitrogens with zero attached hydrogens (tertiary/aromatic N) is 4. The number of hydrogen-bond donors (Lipinski definition) is 0. The molecule has 0 spiro atoms. The van der Waals surface area contributed by atoms with E-state index in [0.717, 1.165) is 52.0 Å². The highest BCUT2D eigenvalue weighted by Crippen LogP contribution is 2.41. The third kappa shape index (κ3) is 7.84. The van der Waals surface area contributed by atoms with Crippen LogP contribution >= 0.6 is 0 Å². The van der Waals surface area contributed by atoms with Crippen LogP contribution in [0.5, 0.6) is 0 Å². The first kappa shape index (κ1) is 39.6. The second kappa shape index (κ2) is 16.9. The van der Waals surface area contributed by atoms with E-state index in [1.54, 1.807) is 0 Å². The van der Waals surface area contributed by atoms with Crippen molar-refractivity contribution in [1.82, 2.24) is 19.1 Å². The molecule has 8 rings (SSSR count). The molecule has 0 saturated carbocycles. The summed E-state index contributed by atoms with van der Waals surface area (Å²) in [6, 6.07) is 52.7. The lowest BCUT2D eigenvalue weighted by molar-refractivity contribution is 0.834. The summed E-state index contributed by atoms with van der Waals surface area (Å²) in [5.74, 6) is 3.36. The Morgan fingerprint density at radius 3 is 1.07 bits per heavy atom. The molecule has 59 heavy (non-hydrogen) atoms. The molecule has 0 bridgehead atoms. The second-order valence-corrected chi connectivity index (χ2v) is 17.1. The summed E-state index contributed by atoms with van der Waals surface area (Å²) in [5.41, 5.74) is 17.1. The molecule has 296 valence electrons. The smallest absolute Gasteiger partial charge is 0.144 e. The lowest BCUT2D eigenvalue weighted by Gasteiger charge is -2.22. The zero-order valence-corrected chi connectivity index (χ0v) is 35.8. The van der Waals surface area contributed by atoms with Gasteiger partial charge in [0, 0.05) is 33.6 Å². The topological polar surface area (TPSA) is 35.6 Å². The third-order valence-electron chi connectivity index (χ3n) is 11.6. The fourth-order valence-corrected chi connectivity index (χ4v) is 8.71. The van der Waals surface area contributed by atoms with Crippen molar-refractivity contribution in [2.75, 3.05) is 0 Å². The minimum atomic E-state index is 0.371. The molecule has 0 fully saturated rings. The Labute approximate surface area is 351 Å². The summed E-state index contributed by atoms with van der Waals surface area (Å²) in [6.07, 6.45) is 4.94. The molecule has 0 aliphatic heterocycles. The third-order valence-corrected chi connectivity index (χ3v) is 11.6. The molecule has 8 aromatic rings. The fourth-order valence-electron chi connectivity index (χ4n) is 8.71. The number of aromatic nitrogens is 4. The van der Waals surface area contributed by atoms with Gasteiger partial charge in [-0.3, -0.25) is 9.13 Å². The summed E-state index contributed by atoms with van der Waals surface area (Å²) >= 11 is 0. The highest BCUT2D eigenvalue weighted by atomic mass is 15.1. The van der Waals surface area contributed by atoms with Crippen LogP contribution in [0.15, 0.2) is 158 Å². The highest BCUT2D eigenvalue weighted by molar-refractivity contribution is 5.77. The molecule has 0 unspecified atom stereocenters. The maximum Gasteiger partial charge on any atom is 0.144 e. The molecule has 0 saturated heterocycles. The summed E-state index contributed by atoms with van der Waals surface area (Å²) in [7, 11) is 0. The van der Waals surface area contributed by atoms with Crippen LogP contribution in [0.2, 0.25) is 0 Å². The van der Waals surface area contributed by atoms with E-state index in [2.05, 4.69) is 223 Å². The Kier molecular flexibility index (Phi) is 11.3. The van der Waals surface area contributed by atoms with Gasteiger partial charge in [-0.1, -0.05) is 165 Å². The molecule has 2 heterocycles. The molecule has 0 aliphatic carbocycles. The van der Waals surface area contributed by atoms with Gasteiger partial charge in [-0.25, -0.2) is 9.97 Å². The van der Waals surface area contributed by atoms with Crippen molar-refractivity contribution in [1.29, 1.82) is 0 Å². The van der Waals surface area contributed by atoms with Crippen LogP contribution in [0.4, 0.5) is 0 Å². The molecule has 0 aliphatic rings. The van der Waals surface area contributed by atoms with Gasteiger partial charge in [0.25, 0.3) is 0 Å². The molecule has 0 radical (unpaired) electrons. The van der Waals surface area contributed by atoms with Crippen molar-refractivity contribution < 1.29 is 0 Å². The van der Waals surface area contributed by atoms with E-state index >= 15 is 0 Å². The number of imidazole rings is 2. The zero-order valence-electron chi connectivity index (χ0n) is 35.8. The standard InChI is InChI=1S/C55H56N4/c1-36(2)46-27-17-28-47(37(3)4)52(46)50-34-56-54(58(50)44-23-11-9-12-24-44)42-21-15-19-40(32-42)31-41-20-16-22-43(33-41)55-57-35-51(59(55)45-25-13-10-14-26-45)53-48(38(5)6)29-18-30-49(53)39(7)8/h9-30,32-39H,31H2,1-8H3. The van der Waals surface area contributed by atoms with Crippen LogP contribution < -0.4 is 0 Å². The predicted molar refractivity (Wildman–Crippen MR) is 248 cm³/mol. The molecule has 0 amide bonds. The zero-order chi connectivity index (χ0) is 41.2. The summed E-state index contributed by atoms with van der Waals surface area (Å²) in [6.45, 7) is 18.3. The molecular formula is C55H56N4. The minimum absolute atomic E-state index is 0.371. The SMILES string of the molecule is CC(C)c1cccc(C(C)C)c1-c1cnc(-c2cccc(Cc3cccc(-c4ncc(-c5c(C(C)C)cccc5C(C)C)n4-c4ccccc4)c3)c2)n1-c1ccccc1. The fraction of sp³-hybridized carbons (Fsp3) is 0.236. The minimum Gasteiger partial charge on any atom is -0.292 e. The van der Waals surface area contributed by atoms with Crippen molar-refractivity contribution >= 4 is 0 Å². The summed E-state index contributed by atoms with van der Waals surface area (Å²) in [4.78, 5) is 10.4. The van der Waals surface area contributed by atoms with Gasteiger partial charge in [0.05, 0.1) is 23.8 Å². The second-order valence-electron chi connectivity index (χ2n) is 17.1. The van der Waals surface area contributed by atoms with E-state index in [0.29, 0.717) is 23.7 Å². The number of rotatable bonds is 12. The maximum absolute atomic E-state index is 5.19. The lowest BCUT2D eigenvalue weighted by atomic mass is 9.87. The first-order valence-corrected chi connectivity index (χ1v) is 21.3. The van der Waals surface area contributed by atoms with E-state index in [4.69, 9.17) is 9.97 Å². The van der Waals surface area contributed by atoms with E-state index in [1.807, 2.05) is 0 Å². The van der Waals surface area contributed by atoms with Crippen LogP contribution in [-0.4, -0.2) is 19.1 Å². The quantitative estimate of drug-likeness (QED) is 0.124. The lowest BCUT2D eigenvalue weighted by Crippen LogP contribution is -2.05. The van der Waals surface area contributed by atoms with E-state index in [-0.39, 0.29) is 0 Å². The van der Waals surface area contributed by atoms with Crippen molar-refractivity contribution in [3.8, 4) is 56.7 Å². The van der Waals surface area contributed by atoms with Crippen molar-refractivity contribution in [3.05, 3.63) is 191 Å². The largest absolute Gasteiger partial charge is 0.292 e. The Bertz CT molecular complexity index is 2450. The van der Waals surface area contributed by atoms with Crippen LogP contribution in [0.1, 0.15) is 112 Å². The molecule has 0 N–H and O–H groups in total. The van der Waals surface area contributed by atoms with E-state index in [1.165, 1.54) is 44.5 Å². The summed E-state index contributed by atoms with van der Waals surface area (Å²) in [5, 5.41) is 0. The number of para-hydroxylation sites is 2. The van der Waals surface area contributed by atoms with Crippen LogP contribution in [0.3, 0.4) is 0 Å². The first-order chi connectivity index (χ1) is 28.6. The van der Waals surface area contributed by atoms with Gasteiger partial charge >= 0.3 is 0 Å². The highest BCUT2D eigenvalue weighted by Gasteiger charge is 2.24. The van der Waals surface area contributed by atoms with Gasteiger partial charge in [-0.05, 0) is 99.9 Å². The monoisotopic (exact) mass is 772 g/mol.